The molecule has 2 N–H and O–H groups in total. The number of hydrogen-bond donors (Lipinski definition) is 1. The van der Waals surface area contributed by atoms with E-state index in [0.717, 1.165) is 19.4 Å². The fourth-order valence-corrected chi connectivity index (χ4v) is 1.57. The van der Waals surface area contributed by atoms with Crippen LogP contribution in [0, 0.1) is 0 Å². The van der Waals surface area contributed by atoms with E-state index < -0.39 is 0 Å². The Bertz CT molecular complexity index is 342. The Morgan fingerprint density at radius 1 is 1.60 bits per heavy atom. The first kappa shape index (κ1) is 10.4. The van der Waals surface area contributed by atoms with Crippen LogP contribution in [0.2, 0.25) is 5.02 Å². The molecule has 1 aliphatic heterocycles. The Morgan fingerprint density at radius 2 is 2.47 bits per heavy atom. The van der Waals surface area contributed by atoms with Gasteiger partial charge in [0.25, 0.3) is 0 Å². The van der Waals surface area contributed by atoms with E-state index in [1.807, 2.05) is 0 Å². The van der Waals surface area contributed by atoms with Crippen molar-refractivity contribution in [1.29, 1.82) is 0 Å². The highest BCUT2D eigenvalue weighted by atomic mass is 35.5. The fourth-order valence-electron chi connectivity index (χ4n) is 1.41. The summed E-state index contributed by atoms with van der Waals surface area (Å²) in [5, 5.41) is 0.260. The predicted molar refractivity (Wildman–Crippen MR) is 55.9 cm³/mol. The number of nitrogen functional groups attached to an aromatic ring is 1. The molecule has 1 saturated heterocycles. The molecule has 0 saturated carbocycles. The zero-order chi connectivity index (χ0) is 10.7. The number of aromatic nitrogens is 2. The van der Waals surface area contributed by atoms with Gasteiger partial charge in [-0.25, -0.2) is 9.97 Å². The summed E-state index contributed by atoms with van der Waals surface area (Å²) in [6.45, 7) is 1.25. The lowest BCUT2D eigenvalue weighted by Crippen LogP contribution is -2.17. The molecule has 15 heavy (non-hydrogen) atoms. The predicted octanol–water partition coefficient (Wildman–Crippen LogP) is 1.27. The summed E-state index contributed by atoms with van der Waals surface area (Å²) in [5.41, 5.74) is 5.51. The lowest BCUT2D eigenvalue weighted by atomic mass is 10.2. The van der Waals surface area contributed by atoms with Crippen LogP contribution in [0.15, 0.2) is 6.33 Å². The van der Waals surface area contributed by atoms with Gasteiger partial charge in [-0.3, -0.25) is 0 Å². The minimum absolute atomic E-state index is 0.136. The van der Waals surface area contributed by atoms with E-state index in [1.165, 1.54) is 6.33 Å². The highest BCUT2D eigenvalue weighted by molar-refractivity contribution is 6.33. The molecule has 1 aromatic heterocycles. The van der Waals surface area contributed by atoms with Crippen LogP contribution in [0.5, 0.6) is 5.88 Å². The van der Waals surface area contributed by atoms with Crippen LogP contribution in [-0.2, 0) is 4.74 Å². The van der Waals surface area contributed by atoms with Crippen molar-refractivity contribution in [3.63, 3.8) is 0 Å². The van der Waals surface area contributed by atoms with E-state index in [9.17, 15) is 0 Å². The average Bonchev–Trinajstić information content (AvgIpc) is 2.73. The number of ether oxygens (including phenoxy) is 2. The number of halogens is 1. The lowest BCUT2D eigenvalue weighted by Gasteiger charge is -2.11. The smallest absolute Gasteiger partial charge is 0.238 e. The minimum atomic E-state index is 0.136. The van der Waals surface area contributed by atoms with E-state index in [0.29, 0.717) is 12.5 Å². The number of nitrogens with two attached hydrogens (primary N) is 1. The van der Waals surface area contributed by atoms with Gasteiger partial charge < -0.3 is 15.2 Å². The Kier molecular flexibility index (Phi) is 3.23. The average molecular weight is 230 g/mol. The van der Waals surface area contributed by atoms with Gasteiger partial charge in [0, 0.05) is 6.61 Å². The largest absolute Gasteiger partial charge is 0.474 e. The molecule has 0 radical (unpaired) electrons. The molecule has 82 valence electrons. The summed E-state index contributed by atoms with van der Waals surface area (Å²) < 4.78 is 10.8. The van der Waals surface area contributed by atoms with Crippen molar-refractivity contribution in [2.24, 2.45) is 0 Å². The van der Waals surface area contributed by atoms with Gasteiger partial charge in [0.1, 0.15) is 23.8 Å². The van der Waals surface area contributed by atoms with Gasteiger partial charge in [-0.2, -0.15) is 0 Å². The second kappa shape index (κ2) is 4.63. The monoisotopic (exact) mass is 229 g/mol. The molecule has 0 aromatic carbocycles. The molecule has 2 heterocycles. The molecule has 5 nitrogen and oxygen atoms in total. The molecule has 0 amide bonds. The number of nitrogens with zero attached hydrogens (tertiary/aromatic N) is 2. The Hall–Kier alpha value is -1.07. The van der Waals surface area contributed by atoms with Crippen molar-refractivity contribution in [3.05, 3.63) is 11.3 Å². The van der Waals surface area contributed by atoms with Crippen molar-refractivity contribution in [1.82, 2.24) is 9.97 Å². The maximum atomic E-state index is 5.86. The molecule has 6 heteroatoms. The van der Waals surface area contributed by atoms with Crippen molar-refractivity contribution in [2.75, 3.05) is 18.9 Å². The van der Waals surface area contributed by atoms with Gasteiger partial charge in [0.15, 0.2) is 0 Å². The Balaban J connectivity index is 1.95. The van der Waals surface area contributed by atoms with Crippen molar-refractivity contribution in [3.8, 4) is 5.88 Å². The first-order valence-electron chi connectivity index (χ1n) is 4.77. The first-order valence-corrected chi connectivity index (χ1v) is 5.15. The van der Waals surface area contributed by atoms with Crippen LogP contribution < -0.4 is 10.5 Å². The van der Waals surface area contributed by atoms with E-state index in [2.05, 4.69) is 9.97 Å². The number of hydrogen-bond acceptors (Lipinski definition) is 5. The van der Waals surface area contributed by atoms with E-state index >= 15 is 0 Å². The SMILES string of the molecule is Nc1ncnc(OCC2CCCO2)c1Cl. The number of anilines is 1. The van der Waals surface area contributed by atoms with E-state index in [1.54, 1.807) is 0 Å². The molecule has 1 unspecified atom stereocenters. The molecule has 1 aliphatic rings. The minimum Gasteiger partial charge on any atom is -0.474 e. The third-order valence-electron chi connectivity index (χ3n) is 2.21. The molecular weight excluding hydrogens is 218 g/mol. The fraction of sp³-hybridized carbons (Fsp3) is 0.556. The van der Waals surface area contributed by atoms with E-state index in [4.69, 9.17) is 26.8 Å². The molecule has 0 bridgehead atoms. The highest BCUT2D eigenvalue weighted by Gasteiger charge is 2.17. The van der Waals surface area contributed by atoms with Crippen LogP contribution in [0.3, 0.4) is 0 Å². The summed E-state index contributed by atoms with van der Waals surface area (Å²) in [4.78, 5) is 7.64. The molecule has 2 rings (SSSR count). The lowest BCUT2D eigenvalue weighted by molar-refractivity contribution is 0.0663. The van der Waals surface area contributed by atoms with Crippen molar-refractivity contribution in [2.45, 2.75) is 18.9 Å². The quantitative estimate of drug-likeness (QED) is 0.845. The molecule has 1 aromatic rings. The maximum absolute atomic E-state index is 5.86. The van der Waals surface area contributed by atoms with Gasteiger partial charge in [-0.05, 0) is 12.8 Å². The van der Waals surface area contributed by atoms with Gasteiger partial charge in [0.2, 0.25) is 5.88 Å². The Morgan fingerprint density at radius 3 is 3.20 bits per heavy atom. The van der Waals surface area contributed by atoms with Crippen molar-refractivity contribution >= 4 is 17.4 Å². The van der Waals surface area contributed by atoms with Gasteiger partial charge in [0.05, 0.1) is 6.10 Å². The van der Waals surface area contributed by atoms with Gasteiger partial charge in [-0.15, -0.1) is 0 Å². The second-order valence-electron chi connectivity index (χ2n) is 3.32. The van der Waals surface area contributed by atoms with Gasteiger partial charge in [-0.1, -0.05) is 11.6 Å². The zero-order valence-corrected chi connectivity index (χ0v) is 8.91. The van der Waals surface area contributed by atoms with Crippen molar-refractivity contribution < 1.29 is 9.47 Å². The first-order chi connectivity index (χ1) is 7.27. The van der Waals surface area contributed by atoms with Crippen LogP contribution >= 0.6 is 11.6 Å². The summed E-state index contributed by atoms with van der Waals surface area (Å²) in [6, 6.07) is 0. The highest BCUT2D eigenvalue weighted by Crippen LogP contribution is 2.26. The molecule has 0 aliphatic carbocycles. The summed E-state index contributed by atoms with van der Waals surface area (Å²) in [7, 11) is 0. The normalized spacial score (nSPS) is 20.5. The van der Waals surface area contributed by atoms with Gasteiger partial charge >= 0.3 is 0 Å². The zero-order valence-electron chi connectivity index (χ0n) is 8.15. The molecular formula is C9H12ClN3O2. The summed E-state index contributed by atoms with van der Waals surface area (Å²) in [5.74, 6) is 0.550. The standard InChI is InChI=1S/C9H12ClN3O2/c10-7-8(11)12-5-13-9(7)15-4-6-2-1-3-14-6/h5-6H,1-4H2,(H2,11,12,13). The van der Waals surface area contributed by atoms with Crippen LogP contribution in [0.1, 0.15) is 12.8 Å². The molecule has 1 atom stereocenters. The number of rotatable bonds is 3. The third kappa shape index (κ3) is 2.49. The molecule has 1 fully saturated rings. The maximum Gasteiger partial charge on any atom is 0.238 e. The summed E-state index contributed by atoms with van der Waals surface area (Å²) in [6.07, 6.45) is 3.55. The molecule has 0 spiro atoms. The van der Waals surface area contributed by atoms with Crippen LogP contribution in [0.4, 0.5) is 5.82 Å². The topological polar surface area (TPSA) is 70.3 Å². The summed E-state index contributed by atoms with van der Waals surface area (Å²) >= 11 is 5.86. The third-order valence-corrected chi connectivity index (χ3v) is 2.57. The Labute approximate surface area is 92.6 Å². The second-order valence-corrected chi connectivity index (χ2v) is 3.70. The van der Waals surface area contributed by atoms with E-state index in [-0.39, 0.29) is 16.9 Å². The van der Waals surface area contributed by atoms with Crippen LogP contribution in [-0.4, -0.2) is 29.3 Å². The van der Waals surface area contributed by atoms with Crippen LogP contribution in [0.25, 0.3) is 0 Å².